The first kappa shape index (κ1) is 12.2. The lowest BCUT2D eigenvalue weighted by Gasteiger charge is -1.99. The molecule has 0 aliphatic rings. The Morgan fingerprint density at radius 2 is 2.31 bits per heavy atom. The van der Waals surface area contributed by atoms with E-state index in [1.807, 2.05) is 0 Å². The molecule has 1 aromatic rings. The fourth-order valence-corrected chi connectivity index (χ4v) is 1.19. The average Bonchev–Trinajstić information content (AvgIpc) is 2.23. The van der Waals surface area contributed by atoms with Crippen LogP contribution in [0, 0.1) is 5.82 Å². The minimum absolute atomic E-state index is 0.127. The van der Waals surface area contributed by atoms with E-state index in [1.54, 1.807) is 13.0 Å². The molecule has 0 fully saturated rings. The topological polar surface area (TPSA) is 52.3 Å². The summed E-state index contributed by atoms with van der Waals surface area (Å²) in [4.78, 5) is 11.0. The number of esters is 1. The molecule has 0 radical (unpaired) electrons. The number of nitrogens with two attached hydrogens (primary N) is 1. The van der Waals surface area contributed by atoms with Gasteiger partial charge in [0.25, 0.3) is 0 Å². The van der Waals surface area contributed by atoms with Crippen LogP contribution in [0.4, 0.5) is 10.1 Å². The first-order valence-corrected chi connectivity index (χ1v) is 5.00. The van der Waals surface area contributed by atoms with E-state index < -0.39 is 0 Å². The van der Waals surface area contributed by atoms with Crippen LogP contribution in [0.3, 0.4) is 0 Å². The molecule has 2 N–H and O–H groups in total. The molecule has 0 saturated carbocycles. The highest BCUT2D eigenvalue weighted by Gasteiger charge is 2.00. The van der Waals surface area contributed by atoms with Gasteiger partial charge in [0.05, 0.1) is 13.0 Å². The molecule has 86 valence electrons. The van der Waals surface area contributed by atoms with Crippen LogP contribution in [0.15, 0.2) is 24.3 Å². The van der Waals surface area contributed by atoms with Crippen LogP contribution < -0.4 is 5.73 Å². The number of hydrogen-bond acceptors (Lipinski definition) is 3. The molecule has 0 aromatic heterocycles. The third-order valence-electron chi connectivity index (χ3n) is 1.91. The summed E-state index contributed by atoms with van der Waals surface area (Å²) in [6.45, 7) is 2.08. The molecule has 4 heteroatoms. The van der Waals surface area contributed by atoms with E-state index >= 15 is 0 Å². The van der Waals surface area contributed by atoms with Gasteiger partial charge in [-0.15, -0.1) is 0 Å². The molecule has 0 saturated heterocycles. The molecule has 0 heterocycles. The maximum Gasteiger partial charge on any atom is 0.309 e. The van der Waals surface area contributed by atoms with Gasteiger partial charge in [-0.3, -0.25) is 4.79 Å². The van der Waals surface area contributed by atoms with Crippen molar-refractivity contribution in [1.29, 1.82) is 0 Å². The van der Waals surface area contributed by atoms with E-state index in [9.17, 15) is 9.18 Å². The van der Waals surface area contributed by atoms with Crippen LogP contribution in [0.1, 0.15) is 18.9 Å². The van der Waals surface area contributed by atoms with Gasteiger partial charge in [-0.1, -0.05) is 12.2 Å². The zero-order valence-corrected chi connectivity index (χ0v) is 9.07. The smallest absolute Gasteiger partial charge is 0.309 e. The van der Waals surface area contributed by atoms with Gasteiger partial charge in [-0.2, -0.15) is 0 Å². The van der Waals surface area contributed by atoms with Crippen molar-refractivity contribution in [2.75, 3.05) is 12.3 Å². The first-order valence-electron chi connectivity index (χ1n) is 5.00. The molecule has 0 aliphatic heterocycles. The minimum atomic E-state index is -0.366. The fraction of sp³-hybridized carbons (Fsp3) is 0.250. The van der Waals surface area contributed by atoms with Gasteiger partial charge in [-0.05, 0) is 25.1 Å². The van der Waals surface area contributed by atoms with Gasteiger partial charge >= 0.3 is 5.97 Å². The second kappa shape index (κ2) is 5.90. The number of benzene rings is 1. The molecule has 1 rings (SSSR count). The molecular weight excluding hydrogens is 209 g/mol. The van der Waals surface area contributed by atoms with E-state index in [0.717, 1.165) is 0 Å². The average molecular weight is 223 g/mol. The lowest BCUT2D eigenvalue weighted by atomic mass is 10.1. The normalized spacial score (nSPS) is 10.6. The van der Waals surface area contributed by atoms with Crippen LogP contribution in [-0.4, -0.2) is 12.6 Å². The monoisotopic (exact) mass is 223 g/mol. The summed E-state index contributed by atoms with van der Waals surface area (Å²) in [6.07, 6.45) is 3.19. The Bertz CT molecular complexity index is 402. The van der Waals surface area contributed by atoms with Crippen LogP contribution in [-0.2, 0) is 9.53 Å². The number of rotatable bonds is 4. The van der Waals surface area contributed by atoms with Crippen LogP contribution >= 0.6 is 0 Å². The Labute approximate surface area is 93.7 Å². The summed E-state index contributed by atoms with van der Waals surface area (Å²) in [5.41, 5.74) is 6.36. The van der Waals surface area contributed by atoms with E-state index in [4.69, 9.17) is 10.5 Å². The van der Waals surface area contributed by atoms with Crippen molar-refractivity contribution in [2.45, 2.75) is 13.3 Å². The molecule has 16 heavy (non-hydrogen) atoms. The summed E-state index contributed by atoms with van der Waals surface area (Å²) in [5.74, 6) is -0.697. The van der Waals surface area contributed by atoms with Gasteiger partial charge in [0.1, 0.15) is 5.82 Å². The first-order chi connectivity index (χ1) is 7.63. The SMILES string of the molecule is CCOC(=O)CC=Cc1cc(N)ccc1F. The molecule has 0 atom stereocenters. The number of nitrogen functional groups attached to an aromatic ring is 1. The Morgan fingerprint density at radius 3 is 3.00 bits per heavy atom. The van der Waals surface area contributed by atoms with Crippen molar-refractivity contribution in [2.24, 2.45) is 0 Å². The standard InChI is InChI=1S/C12H14FNO2/c1-2-16-12(15)5-3-4-9-8-10(14)6-7-11(9)13/h3-4,6-8H,2,5,14H2,1H3. The molecule has 0 unspecified atom stereocenters. The second-order valence-electron chi connectivity index (χ2n) is 3.19. The van der Waals surface area contributed by atoms with Gasteiger partial charge in [0.15, 0.2) is 0 Å². The van der Waals surface area contributed by atoms with Crippen molar-refractivity contribution in [1.82, 2.24) is 0 Å². The lowest BCUT2D eigenvalue weighted by Crippen LogP contribution is -2.01. The largest absolute Gasteiger partial charge is 0.466 e. The van der Waals surface area contributed by atoms with Crippen LogP contribution in [0.5, 0.6) is 0 Å². The van der Waals surface area contributed by atoms with E-state index in [1.165, 1.54) is 24.3 Å². The highest BCUT2D eigenvalue weighted by molar-refractivity contribution is 5.72. The quantitative estimate of drug-likeness (QED) is 0.629. The van der Waals surface area contributed by atoms with E-state index in [-0.39, 0.29) is 18.2 Å². The summed E-state index contributed by atoms with van der Waals surface area (Å²) in [6, 6.07) is 4.29. The zero-order chi connectivity index (χ0) is 12.0. The maximum atomic E-state index is 13.2. The Morgan fingerprint density at radius 1 is 1.56 bits per heavy atom. The number of halogens is 1. The third-order valence-corrected chi connectivity index (χ3v) is 1.91. The molecule has 0 bridgehead atoms. The van der Waals surface area contributed by atoms with E-state index in [2.05, 4.69) is 0 Å². The third kappa shape index (κ3) is 3.73. The van der Waals surface area contributed by atoms with Crippen molar-refractivity contribution in [3.8, 4) is 0 Å². The number of anilines is 1. The van der Waals surface area contributed by atoms with E-state index in [0.29, 0.717) is 17.9 Å². The summed E-state index contributed by atoms with van der Waals surface area (Å²) in [7, 11) is 0. The highest BCUT2D eigenvalue weighted by Crippen LogP contribution is 2.13. The molecular formula is C12H14FNO2. The van der Waals surface area contributed by atoms with Crippen molar-refractivity contribution >= 4 is 17.7 Å². The second-order valence-corrected chi connectivity index (χ2v) is 3.19. The number of carbonyl (C=O) groups excluding carboxylic acids is 1. The van der Waals surface area contributed by atoms with Crippen LogP contribution in [0.2, 0.25) is 0 Å². The lowest BCUT2D eigenvalue weighted by molar-refractivity contribution is -0.142. The fourth-order valence-electron chi connectivity index (χ4n) is 1.19. The summed E-state index contributed by atoms with van der Waals surface area (Å²) >= 11 is 0. The number of hydrogen-bond donors (Lipinski definition) is 1. The van der Waals surface area contributed by atoms with Gasteiger partial charge < -0.3 is 10.5 Å². The molecule has 0 spiro atoms. The molecule has 3 nitrogen and oxygen atoms in total. The van der Waals surface area contributed by atoms with Gasteiger partial charge in [-0.25, -0.2) is 4.39 Å². The Hall–Kier alpha value is -1.84. The van der Waals surface area contributed by atoms with Crippen molar-refractivity contribution in [3.63, 3.8) is 0 Å². The number of carbonyl (C=O) groups is 1. The van der Waals surface area contributed by atoms with Crippen molar-refractivity contribution in [3.05, 3.63) is 35.7 Å². The Balaban J connectivity index is 2.62. The zero-order valence-electron chi connectivity index (χ0n) is 9.07. The predicted octanol–water partition coefficient (Wildman–Crippen LogP) is 2.37. The Kier molecular flexibility index (Phi) is 4.51. The van der Waals surface area contributed by atoms with Gasteiger partial charge in [0.2, 0.25) is 0 Å². The van der Waals surface area contributed by atoms with Crippen LogP contribution in [0.25, 0.3) is 6.08 Å². The van der Waals surface area contributed by atoms with Crippen molar-refractivity contribution < 1.29 is 13.9 Å². The number of ether oxygens (including phenoxy) is 1. The minimum Gasteiger partial charge on any atom is -0.466 e. The molecule has 0 amide bonds. The van der Waals surface area contributed by atoms with Gasteiger partial charge in [0, 0.05) is 11.3 Å². The summed E-state index contributed by atoms with van der Waals surface area (Å²) < 4.78 is 17.9. The predicted molar refractivity (Wildman–Crippen MR) is 61.1 cm³/mol. The maximum absolute atomic E-state index is 13.2. The highest BCUT2D eigenvalue weighted by atomic mass is 19.1. The molecule has 0 aliphatic carbocycles. The summed E-state index contributed by atoms with van der Waals surface area (Å²) in [5, 5.41) is 0. The molecule has 1 aromatic carbocycles.